The fraction of sp³-hybridized carbons (Fsp3) is 0.444. The monoisotopic (exact) mass is 329 g/mol. The standard InChI is InChI=1S/C18H23N3OS/c1-12-8-9-13(19)11-14(12)18(22)20-10-4-7-17-21-15-5-2-3-6-16(15)23-17/h8-9,11H,2-7,10,19H2,1H3,(H,20,22). The number of carbonyl (C=O) groups is 1. The molecule has 0 unspecified atom stereocenters. The van der Waals surface area contributed by atoms with Crippen LogP contribution in [0.4, 0.5) is 5.69 Å². The van der Waals surface area contributed by atoms with Crippen LogP contribution in [-0.2, 0) is 19.3 Å². The van der Waals surface area contributed by atoms with Gasteiger partial charge in [0.15, 0.2) is 0 Å². The highest BCUT2D eigenvalue weighted by Gasteiger charge is 2.15. The number of anilines is 1. The van der Waals surface area contributed by atoms with Gasteiger partial charge in [0.2, 0.25) is 0 Å². The number of nitrogens with one attached hydrogen (secondary N) is 1. The Morgan fingerprint density at radius 3 is 3.00 bits per heavy atom. The summed E-state index contributed by atoms with van der Waals surface area (Å²) in [4.78, 5) is 18.4. The Labute approximate surface area is 141 Å². The molecule has 0 spiro atoms. The maximum atomic E-state index is 12.2. The van der Waals surface area contributed by atoms with Crippen molar-refractivity contribution in [3.8, 4) is 0 Å². The van der Waals surface area contributed by atoms with Crippen molar-refractivity contribution in [1.29, 1.82) is 0 Å². The first-order valence-electron chi connectivity index (χ1n) is 8.25. The number of nitrogens with zero attached hydrogens (tertiary/aromatic N) is 1. The molecule has 122 valence electrons. The highest BCUT2D eigenvalue weighted by atomic mass is 32.1. The van der Waals surface area contributed by atoms with Crippen LogP contribution in [0.3, 0.4) is 0 Å². The van der Waals surface area contributed by atoms with Gasteiger partial charge in [-0.15, -0.1) is 11.3 Å². The molecule has 4 nitrogen and oxygen atoms in total. The second kappa shape index (κ2) is 7.13. The first kappa shape index (κ1) is 16.0. The first-order valence-corrected chi connectivity index (χ1v) is 9.07. The molecule has 1 aromatic carbocycles. The van der Waals surface area contributed by atoms with E-state index in [-0.39, 0.29) is 5.91 Å². The third-order valence-corrected chi connectivity index (χ3v) is 5.47. The summed E-state index contributed by atoms with van der Waals surface area (Å²) in [6.07, 6.45) is 6.75. The highest BCUT2D eigenvalue weighted by molar-refractivity contribution is 7.11. The van der Waals surface area contributed by atoms with Crippen molar-refractivity contribution in [2.75, 3.05) is 12.3 Å². The van der Waals surface area contributed by atoms with Crippen molar-refractivity contribution in [2.24, 2.45) is 0 Å². The molecule has 0 aliphatic heterocycles. The van der Waals surface area contributed by atoms with Crippen molar-refractivity contribution in [1.82, 2.24) is 10.3 Å². The molecule has 2 aromatic rings. The van der Waals surface area contributed by atoms with Gasteiger partial charge in [0.1, 0.15) is 0 Å². The van der Waals surface area contributed by atoms with Crippen molar-refractivity contribution in [3.63, 3.8) is 0 Å². The molecule has 0 atom stereocenters. The van der Waals surface area contributed by atoms with Gasteiger partial charge in [0, 0.05) is 29.1 Å². The van der Waals surface area contributed by atoms with Gasteiger partial charge < -0.3 is 11.1 Å². The number of aryl methyl sites for hydroxylation is 4. The summed E-state index contributed by atoms with van der Waals surface area (Å²) in [7, 11) is 0. The van der Waals surface area contributed by atoms with Gasteiger partial charge >= 0.3 is 0 Å². The normalized spacial score (nSPS) is 13.6. The molecule has 3 N–H and O–H groups in total. The van der Waals surface area contributed by atoms with E-state index in [0.717, 1.165) is 24.8 Å². The van der Waals surface area contributed by atoms with E-state index >= 15 is 0 Å². The minimum atomic E-state index is -0.0479. The lowest BCUT2D eigenvalue weighted by molar-refractivity contribution is 0.0952. The van der Waals surface area contributed by atoms with Crippen molar-refractivity contribution in [3.05, 3.63) is 44.9 Å². The third-order valence-electron chi connectivity index (χ3n) is 4.25. The van der Waals surface area contributed by atoms with E-state index in [4.69, 9.17) is 10.7 Å². The molecule has 3 rings (SSSR count). The number of nitrogens with two attached hydrogens (primary N) is 1. The van der Waals surface area contributed by atoms with Crippen molar-refractivity contribution >= 4 is 22.9 Å². The molecule has 0 saturated heterocycles. The topological polar surface area (TPSA) is 68.0 Å². The predicted octanol–water partition coefficient (Wildman–Crippen LogP) is 3.28. The summed E-state index contributed by atoms with van der Waals surface area (Å²) in [6.45, 7) is 2.59. The Bertz CT molecular complexity index is 685. The zero-order valence-electron chi connectivity index (χ0n) is 13.5. The van der Waals surface area contributed by atoms with E-state index in [1.54, 1.807) is 6.07 Å². The zero-order valence-corrected chi connectivity index (χ0v) is 14.3. The van der Waals surface area contributed by atoms with E-state index in [0.29, 0.717) is 17.8 Å². The van der Waals surface area contributed by atoms with Crippen LogP contribution >= 0.6 is 11.3 Å². The Morgan fingerprint density at radius 1 is 1.35 bits per heavy atom. The molecule has 1 aliphatic rings. The molecule has 0 bridgehead atoms. The Morgan fingerprint density at radius 2 is 2.17 bits per heavy atom. The van der Waals surface area contributed by atoms with Crippen LogP contribution in [0.15, 0.2) is 18.2 Å². The number of fused-ring (bicyclic) bond motifs is 1. The number of amides is 1. The maximum absolute atomic E-state index is 12.2. The van der Waals surface area contributed by atoms with E-state index in [1.165, 1.54) is 34.8 Å². The molecule has 0 radical (unpaired) electrons. The van der Waals surface area contributed by atoms with Gasteiger partial charge in [-0.2, -0.15) is 0 Å². The molecule has 1 amide bonds. The molecule has 1 aromatic heterocycles. The van der Waals surface area contributed by atoms with E-state index < -0.39 is 0 Å². The van der Waals surface area contributed by atoms with Gasteiger partial charge in [-0.1, -0.05) is 6.07 Å². The lowest BCUT2D eigenvalue weighted by Crippen LogP contribution is -2.25. The maximum Gasteiger partial charge on any atom is 0.251 e. The summed E-state index contributed by atoms with van der Waals surface area (Å²) in [6, 6.07) is 5.43. The summed E-state index contributed by atoms with van der Waals surface area (Å²) < 4.78 is 0. The SMILES string of the molecule is Cc1ccc(N)cc1C(=O)NCCCc1nc2c(s1)CCCC2. The number of carbonyl (C=O) groups excluding carboxylic acids is 1. The van der Waals surface area contributed by atoms with Crippen LogP contribution in [0.25, 0.3) is 0 Å². The van der Waals surface area contributed by atoms with Gasteiger partial charge in [0.25, 0.3) is 5.91 Å². The first-order chi connectivity index (χ1) is 11.1. The van der Waals surface area contributed by atoms with Gasteiger partial charge in [-0.25, -0.2) is 4.98 Å². The highest BCUT2D eigenvalue weighted by Crippen LogP contribution is 2.27. The molecule has 23 heavy (non-hydrogen) atoms. The van der Waals surface area contributed by atoms with Crippen molar-refractivity contribution in [2.45, 2.75) is 45.4 Å². The minimum Gasteiger partial charge on any atom is -0.399 e. The molecule has 1 heterocycles. The summed E-state index contributed by atoms with van der Waals surface area (Å²) in [5, 5.41) is 4.20. The molecular formula is C18H23N3OS. The Kier molecular flexibility index (Phi) is 4.96. The molecule has 5 heteroatoms. The lowest BCUT2D eigenvalue weighted by atomic mass is 10.0. The van der Waals surface area contributed by atoms with Crippen LogP contribution in [0.1, 0.15) is 50.8 Å². The van der Waals surface area contributed by atoms with E-state index in [2.05, 4.69) is 5.32 Å². The molecule has 0 saturated carbocycles. The van der Waals surface area contributed by atoms with Crippen molar-refractivity contribution < 1.29 is 4.79 Å². The summed E-state index contributed by atoms with van der Waals surface area (Å²) >= 11 is 1.85. The molecular weight excluding hydrogens is 306 g/mol. The summed E-state index contributed by atoms with van der Waals surface area (Å²) in [5.41, 5.74) is 9.30. The smallest absolute Gasteiger partial charge is 0.251 e. The Hall–Kier alpha value is -1.88. The lowest BCUT2D eigenvalue weighted by Gasteiger charge is -2.08. The van der Waals surface area contributed by atoms with Gasteiger partial charge in [0.05, 0.1) is 10.7 Å². The number of hydrogen-bond acceptors (Lipinski definition) is 4. The van der Waals surface area contributed by atoms with Crippen LogP contribution in [0.2, 0.25) is 0 Å². The molecule has 0 fully saturated rings. The predicted molar refractivity (Wildman–Crippen MR) is 95.0 cm³/mol. The number of rotatable bonds is 5. The second-order valence-electron chi connectivity index (χ2n) is 6.12. The fourth-order valence-electron chi connectivity index (χ4n) is 2.93. The van der Waals surface area contributed by atoms with Gasteiger partial charge in [-0.3, -0.25) is 4.79 Å². The summed E-state index contributed by atoms with van der Waals surface area (Å²) in [5.74, 6) is -0.0479. The zero-order chi connectivity index (χ0) is 16.2. The number of nitrogen functional groups attached to an aromatic ring is 1. The van der Waals surface area contributed by atoms with E-state index in [1.807, 2.05) is 30.4 Å². The third kappa shape index (κ3) is 3.91. The molecule has 1 aliphatic carbocycles. The number of aromatic nitrogens is 1. The van der Waals surface area contributed by atoms with Crippen LogP contribution in [-0.4, -0.2) is 17.4 Å². The van der Waals surface area contributed by atoms with Crippen LogP contribution < -0.4 is 11.1 Å². The largest absolute Gasteiger partial charge is 0.399 e. The fourth-order valence-corrected chi connectivity index (χ4v) is 4.13. The van der Waals surface area contributed by atoms with Gasteiger partial charge in [-0.05, 0) is 56.7 Å². The van der Waals surface area contributed by atoms with Crippen LogP contribution in [0.5, 0.6) is 0 Å². The van der Waals surface area contributed by atoms with E-state index in [9.17, 15) is 4.79 Å². The average molecular weight is 329 g/mol. The quantitative estimate of drug-likeness (QED) is 0.653. The average Bonchev–Trinajstić information content (AvgIpc) is 2.96. The van der Waals surface area contributed by atoms with Crippen LogP contribution in [0, 0.1) is 6.92 Å². The number of hydrogen-bond donors (Lipinski definition) is 2. The number of thiazole rings is 1. The second-order valence-corrected chi connectivity index (χ2v) is 7.29. The number of benzene rings is 1. The minimum absolute atomic E-state index is 0.0479. The Balaban J connectivity index is 1.48.